The third-order valence-electron chi connectivity index (χ3n) is 2.93. The van der Waals surface area contributed by atoms with Gasteiger partial charge >= 0.3 is 5.97 Å². The summed E-state index contributed by atoms with van der Waals surface area (Å²) in [6.45, 7) is 0. The second-order valence-corrected chi connectivity index (χ2v) is 7.02. The minimum absolute atomic E-state index is 0.138. The molecule has 21 heavy (non-hydrogen) atoms. The number of non-ortho nitro benzene ring substituents is 1. The van der Waals surface area contributed by atoms with Gasteiger partial charge in [0.15, 0.2) is 0 Å². The number of carboxylic acid groups (broad SMARTS) is 1. The van der Waals surface area contributed by atoms with E-state index in [4.69, 9.17) is 16.6 Å². The van der Waals surface area contributed by atoms with Gasteiger partial charge in [-0.05, 0) is 12.0 Å². The van der Waals surface area contributed by atoms with Crippen molar-refractivity contribution >= 4 is 19.0 Å². The van der Waals surface area contributed by atoms with Crippen LogP contribution in [0.1, 0.15) is 17.8 Å². The molecule has 0 heterocycles. The standard InChI is InChI=1S/C11H16N3O6P/c12-9(11(15)16)4-5-21(19,20)10(13)7-2-1-3-8(6-7)14(17)18/h1-3,6,9-10H,4-5,12-13H2,(H,15,16)(H,19,20)/t9-,10?/m0/s1. The summed E-state index contributed by atoms with van der Waals surface area (Å²) in [4.78, 5) is 30.5. The van der Waals surface area contributed by atoms with Crippen LogP contribution in [0.25, 0.3) is 0 Å². The zero-order valence-corrected chi connectivity index (χ0v) is 11.8. The van der Waals surface area contributed by atoms with Gasteiger partial charge in [-0.15, -0.1) is 0 Å². The maximum atomic E-state index is 12.1. The molecule has 0 aromatic heterocycles. The molecule has 0 radical (unpaired) electrons. The molecule has 0 aliphatic rings. The van der Waals surface area contributed by atoms with Gasteiger partial charge in [0.1, 0.15) is 11.8 Å². The molecule has 6 N–H and O–H groups in total. The largest absolute Gasteiger partial charge is 0.480 e. The molecule has 0 aliphatic carbocycles. The van der Waals surface area contributed by atoms with E-state index in [9.17, 15) is 24.4 Å². The summed E-state index contributed by atoms with van der Waals surface area (Å²) in [6, 6.07) is 3.85. The Morgan fingerprint density at radius 1 is 1.43 bits per heavy atom. The summed E-state index contributed by atoms with van der Waals surface area (Å²) < 4.78 is 12.1. The van der Waals surface area contributed by atoms with E-state index in [2.05, 4.69) is 0 Å². The molecular weight excluding hydrogens is 301 g/mol. The van der Waals surface area contributed by atoms with Crippen molar-refractivity contribution in [2.24, 2.45) is 11.5 Å². The highest BCUT2D eigenvalue weighted by molar-refractivity contribution is 7.58. The summed E-state index contributed by atoms with van der Waals surface area (Å²) in [5.41, 5.74) is 10.8. The van der Waals surface area contributed by atoms with Gasteiger partial charge in [0, 0.05) is 18.3 Å². The molecule has 10 heteroatoms. The van der Waals surface area contributed by atoms with Crippen molar-refractivity contribution < 1.29 is 24.3 Å². The number of nitrogens with two attached hydrogens (primary N) is 2. The molecule has 0 aliphatic heterocycles. The third-order valence-corrected chi connectivity index (χ3v) is 5.00. The quantitative estimate of drug-likeness (QED) is 0.322. The molecule has 1 aromatic carbocycles. The smallest absolute Gasteiger partial charge is 0.320 e. The van der Waals surface area contributed by atoms with Gasteiger partial charge in [0.2, 0.25) is 7.37 Å². The van der Waals surface area contributed by atoms with Crippen LogP contribution < -0.4 is 11.5 Å². The van der Waals surface area contributed by atoms with Gasteiger partial charge in [0.25, 0.3) is 5.69 Å². The van der Waals surface area contributed by atoms with Gasteiger partial charge in [-0.25, -0.2) is 0 Å². The molecule has 0 spiro atoms. The first-order valence-corrected chi connectivity index (χ1v) is 7.86. The Morgan fingerprint density at radius 3 is 2.57 bits per heavy atom. The molecule has 9 nitrogen and oxygen atoms in total. The Morgan fingerprint density at radius 2 is 2.05 bits per heavy atom. The minimum Gasteiger partial charge on any atom is -0.480 e. The molecular formula is C11H16N3O6P. The van der Waals surface area contributed by atoms with E-state index in [1.54, 1.807) is 0 Å². The van der Waals surface area contributed by atoms with Crippen LogP contribution >= 0.6 is 7.37 Å². The molecule has 0 fully saturated rings. The van der Waals surface area contributed by atoms with E-state index < -0.39 is 30.1 Å². The van der Waals surface area contributed by atoms with Crippen LogP contribution in [0.2, 0.25) is 0 Å². The van der Waals surface area contributed by atoms with Crippen LogP contribution in [0.3, 0.4) is 0 Å². The highest BCUT2D eigenvalue weighted by Gasteiger charge is 2.31. The van der Waals surface area contributed by atoms with E-state index in [0.29, 0.717) is 0 Å². The number of rotatable bonds is 7. The number of benzene rings is 1. The number of carboxylic acids is 1. The maximum absolute atomic E-state index is 12.1. The fraction of sp³-hybridized carbons (Fsp3) is 0.364. The molecule has 0 saturated carbocycles. The Labute approximate surface area is 120 Å². The van der Waals surface area contributed by atoms with Crippen LogP contribution in [-0.2, 0) is 9.36 Å². The molecule has 116 valence electrons. The third kappa shape index (κ3) is 4.61. The van der Waals surface area contributed by atoms with Crippen molar-refractivity contribution in [3.05, 3.63) is 39.9 Å². The zero-order valence-electron chi connectivity index (χ0n) is 11.0. The Bertz CT molecular complexity index is 593. The van der Waals surface area contributed by atoms with E-state index in [1.165, 1.54) is 18.2 Å². The Kier molecular flexibility index (Phi) is 5.56. The monoisotopic (exact) mass is 317 g/mol. The minimum atomic E-state index is -3.94. The van der Waals surface area contributed by atoms with E-state index in [0.717, 1.165) is 6.07 Å². The second kappa shape index (κ2) is 6.77. The Hall–Kier alpha value is -1.80. The molecule has 0 saturated heterocycles. The first-order valence-electron chi connectivity index (χ1n) is 5.95. The molecule has 2 unspecified atom stereocenters. The average molecular weight is 317 g/mol. The van der Waals surface area contributed by atoms with E-state index in [1.807, 2.05) is 0 Å². The zero-order chi connectivity index (χ0) is 16.2. The number of nitro groups is 1. The lowest BCUT2D eigenvalue weighted by molar-refractivity contribution is -0.384. The van der Waals surface area contributed by atoms with Crippen molar-refractivity contribution in [2.45, 2.75) is 18.2 Å². The predicted octanol–water partition coefficient (Wildman–Crippen LogP) is 0.624. The highest BCUT2D eigenvalue weighted by atomic mass is 31.2. The first-order chi connectivity index (χ1) is 9.65. The number of hydrogen-bond acceptors (Lipinski definition) is 6. The summed E-state index contributed by atoms with van der Waals surface area (Å²) >= 11 is 0. The van der Waals surface area contributed by atoms with Gasteiger partial charge in [0.05, 0.1) is 4.92 Å². The predicted molar refractivity (Wildman–Crippen MR) is 74.9 cm³/mol. The fourth-order valence-corrected chi connectivity index (χ4v) is 3.19. The molecule has 1 rings (SSSR count). The highest BCUT2D eigenvalue weighted by Crippen LogP contribution is 2.53. The van der Waals surface area contributed by atoms with Crippen LogP contribution in [-0.4, -0.2) is 33.1 Å². The van der Waals surface area contributed by atoms with Gasteiger partial charge in [-0.1, -0.05) is 12.1 Å². The summed E-state index contributed by atoms with van der Waals surface area (Å²) in [5.74, 6) is -2.61. The van der Waals surface area contributed by atoms with Gasteiger partial charge in [-0.2, -0.15) is 0 Å². The molecule has 0 bridgehead atoms. The lowest BCUT2D eigenvalue weighted by Gasteiger charge is -2.20. The normalized spacial score (nSPS) is 16.7. The average Bonchev–Trinajstić information content (AvgIpc) is 2.43. The Balaban J connectivity index is 2.87. The number of carbonyl (C=O) groups is 1. The van der Waals surface area contributed by atoms with Crippen molar-refractivity contribution in [3.8, 4) is 0 Å². The lowest BCUT2D eigenvalue weighted by Crippen LogP contribution is -2.31. The SMILES string of the molecule is NC(c1cccc([N+](=O)[O-])c1)P(=O)(O)CC[C@H](N)C(=O)O. The fourth-order valence-electron chi connectivity index (χ4n) is 1.64. The van der Waals surface area contributed by atoms with Crippen molar-refractivity contribution in [3.63, 3.8) is 0 Å². The molecule has 3 atom stereocenters. The van der Waals surface area contributed by atoms with Gasteiger partial charge in [-0.3, -0.25) is 19.5 Å². The summed E-state index contributed by atoms with van der Waals surface area (Å²) in [5, 5.41) is 19.3. The lowest BCUT2D eigenvalue weighted by atomic mass is 10.2. The first kappa shape index (κ1) is 17.3. The molecule has 0 amide bonds. The van der Waals surface area contributed by atoms with E-state index >= 15 is 0 Å². The van der Waals surface area contributed by atoms with Crippen LogP contribution in [0.15, 0.2) is 24.3 Å². The number of hydrogen-bond donors (Lipinski definition) is 4. The van der Waals surface area contributed by atoms with Crippen LogP contribution in [0.5, 0.6) is 0 Å². The van der Waals surface area contributed by atoms with Crippen molar-refractivity contribution in [2.75, 3.05) is 6.16 Å². The number of nitro benzene ring substituents is 1. The number of aliphatic carboxylic acids is 1. The topological polar surface area (TPSA) is 170 Å². The number of nitrogens with zero attached hydrogens (tertiary/aromatic N) is 1. The summed E-state index contributed by atoms with van der Waals surface area (Å²) in [7, 11) is -3.94. The van der Waals surface area contributed by atoms with Crippen molar-refractivity contribution in [1.82, 2.24) is 0 Å². The van der Waals surface area contributed by atoms with Gasteiger partial charge < -0.3 is 21.5 Å². The van der Waals surface area contributed by atoms with Crippen LogP contribution in [0.4, 0.5) is 5.69 Å². The maximum Gasteiger partial charge on any atom is 0.320 e. The van der Waals surface area contributed by atoms with E-state index in [-0.39, 0.29) is 23.8 Å². The van der Waals surface area contributed by atoms with Crippen molar-refractivity contribution in [1.29, 1.82) is 0 Å². The second-order valence-electron chi connectivity index (χ2n) is 4.51. The summed E-state index contributed by atoms with van der Waals surface area (Å²) in [6.07, 6.45) is -0.601. The van der Waals surface area contributed by atoms with Crippen LogP contribution in [0, 0.1) is 10.1 Å². The molecule has 1 aromatic rings.